The molecule has 0 unspecified atom stereocenters. The molecule has 1 atom stereocenters. The number of hydrogen-bond acceptors (Lipinski definition) is 4. The number of nitrogens with zero attached hydrogens (tertiary/aromatic N) is 2. The molecule has 1 amide bonds. The molecule has 0 N–H and O–H groups in total. The van der Waals surface area contributed by atoms with Gasteiger partial charge in [-0.25, -0.2) is 14.2 Å². The molecule has 0 bridgehead atoms. The van der Waals surface area contributed by atoms with Crippen molar-refractivity contribution in [3.8, 4) is 0 Å². The van der Waals surface area contributed by atoms with Crippen LogP contribution in [-0.2, 0) is 16.1 Å². The molecule has 3 rings (SSSR count). The van der Waals surface area contributed by atoms with Gasteiger partial charge in [0.05, 0.1) is 5.52 Å². The molecule has 0 spiro atoms. The Morgan fingerprint density at radius 3 is 2.67 bits per heavy atom. The van der Waals surface area contributed by atoms with Gasteiger partial charge >= 0.3 is 5.97 Å². The minimum Gasteiger partial charge on any atom is -0.448 e. The van der Waals surface area contributed by atoms with Crippen LogP contribution in [0, 0.1) is 5.82 Å². The van der Waals surface area contributed by atoms with Gasteiger partial charge in [-0.3, -0.25) is 4.79 Å². The van der Waals surface area contributed by atoms with Crippen LogP contribution in [0.3, 0.4) is 0 Å². The average Bonchev–Trinajstić information content (AvgIpc) is 2.66. The van der Waals surface area contributed by atoms with Crippen molar-refractivity contribution in [3.05, 3.63) is 77.7 Å². The molecular formula is C21H19FN2O3. The number of amides is 1. The first-order chi connectivity index (χ1) is 12.9. The summed E-state index contributed by atoms with van der Waals surface area (Å²) in [5.41, 5.74) is 1.47. The molecule has 3 aromatic rings. The summed E-state index contributed by atoms with van der Waals surface area (Å²) in [4.78, 5) is 30.4. The van der Waals surface area contributed by atoms with Crippen LogP contribution in [0.1, 0.15) is 23.0 Å². The van der Waals surface area contributed by atoms with Crippen LogP contribution in [-0.4, -0.2) is 34.9 Å². The molecule has 0 saturated carbocycles. The van der Waals surface area contributed by atoms with Gasteiger partial charge in [0.15, 0.2) is 6.10 Å². The number of pyridine rings is 1. The third-order valence-electron chi connectivity index (χ3n) is 4.12. The van der Waals surface area contributed by atoms with E-state index in [0.717, 1.165) is 5.39 Å². The first-order valence-corrected chi connectivity index (χ1v) is 8.50. The Hall–Kier alpha value is -3.28. The van der Waals surface area contributed by atoms with E-state index in [1.165, 1.54) is 24.0 Å². The van der Waals surface area contributed by atoms with Gasteiger partial charge in [0.25, 0.3) is 5.91 Å². The second kappa shape index (κ2) is 7.95. The lowest BCUT2D eigenvalue weighted by Crippen LogP contribution is -2.37. The largest absolute Gasteiger partial charge is 0.448 e. The molecule has 0 fully saturated rings. The van der Waals surface area contributed by atoms with Crippen LogP contribution in [0.2, 0.25) is 0 Å². The van der Waals surface area contributed by atoms with E-state index in [0.29, 0.717) is 11.1 Å². The average molecular weight is 366 g/mol. The monoisotopic (exact) mass is 366 g/mol. The summed E-state index contributed by atoms with van der Waals surface area (Å²) in [6.45, 7) is 1.72. The number of halogens is 1. The number of carbonyl (C=O) groups excluding carboxylic acids is 2. The van der Waals surface area contributed by atoms with Crippen molar-refractivity contribution in [1.82, 2.24) is 9.88 Å². The van der Waals surface area contributed by atoms with E-state index >= 15 is 0 Å². The number of para-hydroxylation sites is 1. The molecular weight excluding hydrogens is 347 g/mol. The van der Waals surface area contributed by atoms with Gasteiger partial charge in [-0.1, -0.05) is 36.4 Å². The predicted molar refractivity (Wildman–Crippen MR) is 99.5 cm³/mol. The molecule has 138 valence electrons. The van der Waals surface area contributed by atoms with Crippen LogP contribution in [0.25, 0.3) is 10.9 Å². The molecule has 0 saturated heterocycles. The number of benzene rings is 2. The zero-order valence-corrected chi connectivity index (χ0v) is 15.1. The third kappa shape index (κ3) is 4.47. The summed E-state index contributed by atoms with van der Waals surface area (Å²) < 4.78 is 18.5. The molecule has 0 aliphatic rings. The van der Waals surface area contributed by atoms with Gasteiger partial charge in [-0.2, -0.15) is 0 Å². The van der Waals surface area contributed by atoms with Crippen LogP contribution in [0.15, 0.2) is 60.7 Å². The lowest BCUT2D eigenvalue weighted by atomic mass is 10.2. The highest BCUT2D eigenvalue weighted by Gasteiger charge is 2.23. The number of carbonyl (C=O) groups is 2. The highest BCUT2D eigenvalue weighted by molar-refractivity contribution is 5.93. The smallest absolute Gasteiger partial charge is 0.357 e. The third-order valence-corrected chi connectivity index (χ3v) is 4.12. The Morgan fingerprint density at radius 1 is 1.11 bits per heavy atom. The zero-order chi connectivity index (χ0) is 19.4. The van der Waals surface area contributed by atoms with Gasteiger partial charge in [-0.05, 0) is 36.8 Å². The summed E-state index contributed by atoms with van der Waals surface area (Å²) in [5, 5.41) is 0.910. The first kappa shape index (κ1) is 18.5. The Labute approximate surface area is 156 Å². The summed E-state index contributed by atoms with van der Waals surface area (Å²) >= 11 is 0. The van der Waals surface area contributed by atoms with Crippen molar-refractivity contribution in [1.29, 1.82) is 0 Å². The van der Waals surface area contributed by atoms with E-state index in [1.54, 1.807) is 37.4 Å². The van der Waals surface area contributed by atoms with Crippen molar-refractivity contribution in [2.45, 2.75) is 19.6 Å². The second-order valence-corrected chi connectivity index (χ2v) is 6.26. The van der Waals surface area contributed by atoms with Crippen molar-refractivity contribution >= 4 is 22.8 Å². The van der Waals surface area contributed by atoms with E-state index in [4.69, 9.17) is 4.74 Å². The minimum atomic E-state index is -0.982. The van der Waals surface area contributed by atoms with Gasteiger partial charge < -0.3 is 9.64 Å². The van der Waals surface area contributed by atoms with Crippen LogP contribution >= 0.6 is 0 Å². The molecule has 1 aromatic heterocycles. The van der Waals surface area contributed by atoms with E-state index in [2.05, 4.69) is 4.98 Å². The predicted octanol–water partition coefficient (Wildman–Crippen LogP) is 3.58. The minimum absolute atomic E-state index is 0.140. The number of likely N-dealkylation sites (N-methyl/N-ethyl adjacent to an activating group) is 1. The van der Waals surface area contributed by atoms with Gasteiger partial charge in [0.1, 0.15) is 11.5 Å². The lowest BCUT2D eigenvalue weighted by Gasteiger charge is -2.21. The lowest BCUT2D eigenvalue weighted by molar-refractivity contribution is -0.139. The number of ether oxygens (including phenoxy) is 1. The standard InChI is InChI=1S/C21H19FN2O3/c1-14(20(25)24(2)13-15-6-5-8-17(22)12-15)27-21(26)19-11-10-16-7-3-4-9-18(16)23-19/h3-12,14H,13H2,1-2H3/t14-/m1/s1. The van der Waals surface area contributed by atoms with Crippen molar-refractivity contribution in [3.63, 3.8) is 0 Å². The number of fused-ring (bicyclic) bond motifs is 1. The fourth-order valence-electron chi connectivity index (χ4n) is 2.75. The summed E-state index contributed by atoms with van der Waals surface area (Å²) in [7, 11) is 1.58. The Balaban J connectivity index is 1.64. The van der Waals surface area contributed by atoms with Crippen LogP contribution in [0.5, 0.6) is 0 Å². The zero-order valence-electron chi connectivity index (χ0n) is 15.1. The van der Waals surface area contributed by atoms with Crippen LogP contribution < -0.4 is 0 Å². The Bertz CT molecular complexity index is 990. The van der Waals surface area contributed by atoms with Gasteiger partial charge in [-0.15, -0.1) is 0 Å². The maximum atomic E-state index is 13.3. The molecule has 27 heavy (non-hydrogen) atoms. The van der Waals surface area contributed by atoms with E-state index < -0.39 is 12.1 Å². The highest BCUT2D eigenvalue weighted by Crippen LogP contribution is 2.14. The SMILES string of the molecule is C[C@@H](OC(=O)c1ccc2ccccc2n1)C(=O)N(C)Cc1cccc(F)c1. The van der Waals surface area contributed by atoms with Crippen LogP contribution in [0.4, 0.5) is 4.39 Å². The van der Waals surface area contributed by atoms with E-state index in [1.807, 2.05) is 18.2 Å². The maximum Gasteiger partial charge on any atom is 0.357 e. The molecule has 0 aliphatic carbocycles. The number of rotatable bonds is 5. The first-order valence-electron chi connectivity index (χ1n) is 8.50. The quantitative estimate of drug-likeness (QED) is 0.648. The topological polar surface area (TPSA) is 59.5 Å². The van der Waals surface area contributed by atoms with Gasteiger partial charge in [0, 0.05) is 19.0 Å². The molecule has 0 aliphatic heterocycles. The normalized spacial score (nSPS) is 11.8. The molecule has 5 nitrogen and oxygen atoms in total. The fraction of sp³-hybridized carbons (Fsp3) is 0.190. The molecule has 6 heteroatoms. The Kier molecular flexibility index (Phi) is 5.45. The maximum absolute atomic E-state index is 13.3. The highest BCUT2D eigenvalue weighted by atomic mass is 19.1. The van der Waals surface area contributed by atoms with Crippen molar-refractivity contribution < 1.29 is 18.7 Å². The summed E-state index contributed by atoms with van der Waals surface area (Å²) in [6.07, 6.45) is -0.982. The number of esters is 1. The van der Waals surface area contributed by atoms with Gasteiger partial charge in [0.2, 0.25) is 0 Å². The summed E-state index contributed by atoms with van der Waals surface area (Å²) in [5.74, 6) is -1.41. The fourth-order valence-corrected chi connectivity index (χ4v) is 2.75. The Morgan fingerprint density at radius 2 is 1.89 bits per heavy atom. The van der Waals surface area contributed by atoms with Crippen molar-refractivity contribution in [2.24, 2.45) is 0 Å². The summed E-state index contributed by atoms with van der Waals surface area (Å²) in [6, 6.07) is 16.8. The molecule has 2 aromatic carbocycles. The van der Waals surface area contributed by atoms with E-state index in [9.17, 15) is 14.0 Å². The number of hydrogen-bond donors (Lipinski definition) is 0. The van der Waals surface area contributed by atoms with E-state index in [-0.39, 0.29) is 24.0 Å². The molecule has 1 heterocycles. The molecule has 0 radical (unpaired) electrons. The van der Waals surface area contributed by atoms with Crippen molar-refractivity contribution in [2.75, 3.05) is 7.05 Å². The number of aromatic nitrogens is 1. The second-order valence-electron chi connectivity index (χ2n) is 6.26.